The fraction of sp³-hybridized carbons (Fsp3) is 0.516. The molecule has 9 amide bonds. The van der Waals surface area contributed by atoms with Gasteiger partial charge in [0.05, 0.1) is 25.1 Å². The number of nitrogens with zero attached hydrogens (tertiary/aromatic N) is 4. The lowest BCUT2D eigenvalue weighted by Gasteiger charge is -2.32. The number of phenolic OH excluding ortho intramolecular Hbond substituents is 1. The number of carboxylic acid groups (broad SMARTS) is 2. The lowest BCUT2D eigenvalue weighted by atomic mass is 9.96. The number of aliphatic imine (C=N–C) groups is 1. The summed E-state index contributed by atoms with van der Waals surface area (Å²) in [6, 6.07) is 0.810. The van der Waals surface area contributed by atoms with E-state index in [-0.39, 0.29) is 82.1 Å². The van der Waals surface area contributed by atoms with E-state index in [9.17, 15) is 63.3 Å². The summed E-state index contributed by atoms with van der Waals surface area (Å²) in [6.07, 6.45) is 5.26. The number of nitrogens with one attached hydrogen (secondary N) is 10. The van der Waals surface area contributed by atoms with Crippen LogP contribution < -0.4 is 59.7 Å². The predicted molar refractivity (Wildman–Crippen MR) is 338 cm³/mol. The molecule has 2 aromatic heterocycles. The molecule has 506 valence electrons. The number of imidazole rings is 2. The average molecular weight is 1300 g/mol. The first-order valence-corrected chi connectivity index (χ1v) is 30.9. The summed E-state index contributed by atoms with van der Waals surface area (Å²) in [7, 11) is 0. The minimum absolute atomic E-state index is 0.0425. The Kier molecular flexibility index (Phi) is 28.7. The molecule has 0 bridgehead atoms. The van der Waals surface area contributed by atoms with Gasteiger partial charge in [0.25, 0.3) is 0 Å². The van der Waals surface area contributed by atoms with Crippen molar-refractivity contribution >= 4 is 71.1 Å². The summed E-state index contributed by atoms with van der Waals surface area (Å²) < 4.78 is 0. The summed E-state index contributed by atoms with van der Waals surface area (Å²) in [6.45, 7) is 10.4. The van der Waals surface area contributed by atoms with Crippen LogP contribution in [0.3, 0.4) is 0 Å². The van der Waals surface area contributed by atoms with E-state index in [1.165, 1.54) is 54.2 Å². The van der Waals surface area contributed by atoms with Gasteiger partial charge in [-0.15, -0.1) is 0 Å². The van der Waals surface area contributed by atoms with E-state index in [4.69, 9.17) is 17.2 Å². The molecule has 0 saturated carbocycles. The Bertz CT molecular complexity index is 3180. The van der Waals surface area contributed by atoms with Crippen LogP contribution in [0.2, 0.25) is 0 Å². The standard InChI is InChI=1S/C62H89N17O14/c1-7-35(6)51(78-56(87)44(25-37-17-19-40(80)20-18-37)74-58(89)50(34(4)5)77-53(84)42(15-11-21-68-62(64)65)71-52(83)41(63)28-49(81)82)59(90)75-46(27-39-30-67-32-70-39)60(91)79-22-12-16-48(79)57(88)73-43(24-36-13-9-8-10-14-36)54(85)72-45(26-38-29-66-31-69-38)55(86)76-47(61(92)93)23-33(2)3/h8-10,13-14,17-20,29-35,41-48,50-51,80H,7,11-12,15-16,21-28,63H2,1-6H3,(H,66,69)(H,67,70)(H,71,83)(H,72,85)(H,73,88)(H,74,89)(H,75,90)(H,76,86)(H,77,84)(H,78,87)(H,81,82)(H,92,93)(H4,64,65,68)/t35-,41-,42-,43-,44-,45+,46-,47+,48-,50-,51-/m1/s1. The molecule has 0 spiro atoms. The van der Waals surface area contributed by atoms with Gasteiger partial charge in [-0.05, 0) is 73.1 Å². The second kappa shape index (κ2) is 36.2. The number of benzene rings is 2. The number of aromatic hydroxyl groups is 1. The van der Waals surface area contributed by atoms with Gasteiger partial charge in [-0.1, -0.05) is 90.4 Å². The molecule has 2 aromatic carbocycles. The maximum Gasteiger partial charge on any atom is 0.326 e. The average Bonchev–Trinajstić information content (AvgIpc) is 1.81. The zero-order chi connectivity index (χ0) is 68.5. The molecule has 31 heteroatoms. The molecule has 4 aromatic rings. The van der Waals surface area contributed by atoms with Crippen molar-refractivity contribution in [2.45, 2.75) is 173 Å². The van der Waals surface area contributed by atoms with Crippen LogP contribution in [0.5, 0.6) is 5.75 Å². The van der Waals surface area contributed by atoms with E-state index in [0.717, 1.165) is 0 Å². The molecular weight excluding hydrogens is 1210 g/mol. The number of aliphatic carboxylic acids is 2. The van der Waals surface area contributed by atoms with E-state index < -0.39 is 144 Å². The lowest BCUT2D eigenvalue weighted by molar-refractivity contribution is -0.143. The van der Waals surface area contributed by atoms with Gasteiger partial charge < -0.3 is 89.9 Å². The minimum Gasteiger partial charge on any atom is -0.508 e. The second-order valence-corrected chi connectivity index (χ2v) is 23.9. The molecule has 5 rings (SSSR count). The Morgan fingerprint density at radius 2 is 1.13 bits per heavy atom. The number of phenols is 1. The lowest BCUT2D eigenvalue weighted by Crippen LogP contribution is -2.62. The number of carbonyl (C=O) groups excluding carboxylic acids is 9. The highest BCUT2D eigenvalue weighted by atomic mass is 16.4. The topological polar surface area (TPSA) is 496 Å². The summed E-state index contributed by atoms with van der Waals surface area (Å²) in [4.78, 5) is 172. The van der Waals surface area contributed by atoms with Crippen molar-refractivity contribution in [3.63, 3.8) is 0 Å². The Morgan fingerprint density at radius 1 is 0.624 bits per heavy atom. The van der Waals surface area contributed by atoms with Crippen molar-refractivity contribution < 1.29 is 68.1 Å². The Balaban J connectivity index is 1.40. The van der Waals surface area contributed by atoms with E-state index in [0.29, 0.717) is 35.4 Å². The number of rotatable bonds is 37. The first kappa shape index (κ1) is 73.8. The number of aromatic nitrogens is 4. The molecule has 3 heterocycles. The number of aromatic amines is 2. The SMILES string of the molecule is CC[C@@H](C)[C@@H](NC(=O)[C@@H](Cc1ccc(O)cc1)NC(=O)[C@H](NC(=O)[C@@H](CCCN=C(N)N)NC(=O)[C@H](N)CC(=O)O)C(C)C)C(=O)N[C@H](Cc1cnc[nH]1)C(=O)N1CCC[C@@H]1C(=O)N[C@H](Cc1ccccc1)C(=O)N[C@@H](Cc1cnc[nH]1)C(=O)N[C@@H](CC(C)C)C(=O)O. The van der Waals surface area contributed by atoms with Gasteiger partial charge in [-0.25, -0.2) is 14.8 Å². The maximum absolute atomic E-state index is 15.1. The van der Waals surface area contributed by atoms with Gasteiger partial charge in [0, 0.05) is 62.6 Å². The number of hydrogen-bond acceptors (Lipinski definition) is 16. The molecule has 19 N–H and O–H groups in total. The zero-order valence-corrected chi connectivity index (χ0v) is 53.1. The highest BCUT2D eigenvalue weighted by Crippen LogP contribution is 2.22. The van der Waals surface area contributed by atoms with Gasteiger partial charge >= 0.3 is 11.9 Å². The van der Waals surface area contributed by atoms with Crippen LogP contribution in [0.4, 0.5) is 0 Å². The Hall–Kier alpha value is -9.94. The maximum atomic E-state index is 15.1. The predicted octanol–water partition coefficient (Wildman–Crippen LogP) is -1.33. The van der Waals surface area contributed by atoms with Gasteiger partial charge in [0.2, 0.25) is 53.2 Å². The van der Waals surface area contributed by atoms with Crippen molar-refractivity contribution in [1.29, 1.82) is 0 Å². The van der Waals surface area contributed by atoms with Gasteiger partial charge in [-0.2, -0.15) is 0 Å². The first-order chi connectivity index (χ1) is 44.1. The van der Waals surface area contributed by atoms with E-state index in [1.807, 2.05) is 0 Å². The van der Waals surface area contributed by atoms with Crippen molar-refractivity contribution in [2.75, 3.05) is 13.1 Å². The molecule has 0 radical (unpaired) electrons. The molecule has 1 fully saturated rings. The molecule has 11 atom stereocenters. The Morgan fingerprint density at radius 3 is 1.68 bits per heavy atom. The Labute approximate surface area is 538 Å². The van der Waals surface area contributed by atoms with E-state index in [1.54, 1.807) is 71.9 Å². The van der Waals surface area contributed by atoms with Gasteiger partial charge in [0.15, 0.2) is 5.96 Å². The van der Waals surface area contributed by atoms with Crippen LogP contribution in [0.25, 0.3) is 0 Å². The van der Waals surface area contributed by atoms with Crippen molar-refractivity contribution in [3.05, 3.63) is 102 Å². The number of carboxylic acids is 2. The molecule has 0 aliphatic carbocycles. The third-order valence-electron chi connectivity index (χ3n) is 15.6. The molecule has 31 nitrogen and oxygen atoms in total. The first-order valence-electron chi connectivity index (χ1n) is 30.9. The molecule has 1 aliphatic rings. The van der Waals surface area contributed by atoms with Crippen LogP contribution in [-0.2, 0) is 78.4 Å². The summed E-state index contributed by atoms with van der Waals surface area (Å²) >= 11 is 0. The normalized spacial score (nSPS) is 16.1. The number of hydrogen-bond donors (Lipinski definition) is 16. The number of carbonyl (C=O) groups is 11. The smallest absolute Gasteiger partial charge is 0.326 e. The van der Waals surface area contributed by atoms with Gasteiger partial charge in [0.1, 0.15) is 60.1 Å². The summed E-state index contributed by atoms with van der Waals surface area (Å²) in [5, 5.41) is 50.8. The number of guanidine groups is 1. The van der Waals surface area contributed by atoms with Crippen LogP contribution in [0, 0.1) is 17.8 Å². The summed E-state index contributed by atoms with van der Waals surface area (Å²) in [5.41, 5.74) is 18.7. The number of likely N-dealkylation sites (tertiary alicyclic amines) is 1. The minimum atomic E-state index is -1.53. The fourth-order valence-corrected chi connectivity index (χ4v) is 10.4. The van der Waals surface area contributed by atoms with Crippen LogP contribution in [-0.4, -0.2) is 185 Å². The van der Waals surface area contributed by atoms with Gasteiger partial charge in [-0.3, -0.25) is 52.9 Å². The molecule has 0 unspecified atom stereocenters. The van der Waals surface area contributed by atoms with Crippen LogP contribution in [0.1, 0.15) is 109 Å². The molecule has 93 heavy (non-hydrogen) atoms. The largest absolute Gasteiger partial charge is 0.508 e. The van der Waals surface area contributed by atoms with Crippen molar-refractivity contribution in [1.82, 2.24) is 67.4 Å². The highest BCUT2D eigenvalue weighted by molar-refractivity contribution is 5.99. The fourth-order valence-electron chi connectivity index (χ4n) is 10.4. The number of nitrogens with two attached hydrogens (primary N) is 3. The third kappa shape index (κ3) is 23.7. The van der Waals surface area contributed by atoms with Crippen molar-refractivity contribution in [3.8, 4) is 5.75 Å². The quantitative estimate of drug-likeness (QED) is 0.0141. The van der Waals surface area contributed by atoms with Crippen molar-refractivity contribution in [2.24, 2.45) is 39.9 Å². The highest BCUT2D eigenvalue weighted by Gasteiger charge is 2.42. The second-order valence-electron chi connectivity index (χ2n) is 23.9. The molecule has 1 saturated heterocycles. The summed E-state index contributed by atoms with van der Waals surface area (Å²) in [5.74, 6) is -11.7. The van der Waals surface area contributed by atoms with Crippen LogP contribution in [0.15, 0.2) is 84.6 Å². The number of amides is 9. The van der Waals surface area contributed by atoms with Crippen LogP contribution >= 0.6 is 0 Å². The third-order valence-corrected chi connectivity index (χ3v) is 15.6. The molecule has 1 aliphatic heterocycles. The molecular formula is C62H89N17O14. The number of H-pyrrole nitrogens is 2. The monoisotopic (exact) mass is 1300 g/mol. The van der Waals surface area contributed by atoms with E-state index >= 15 is 4.79 Å². The van der Waals surface area contributed by atoms with E-state index in [2.05, 4.69) is 67.5 Å². The zero-order valence-electron chi connectivity index (χ0n) is 53.1.